The average Bonchev–Trinajstić information content (AvgIpc) is 1.43. The Balaban J connectivity index is 0.000000168. The highest BCUT2D eigenvalue weighted by atomic mass is 32.2. The maximum Gasteiger partial charge on any atom is 0.573 e. The van der Waals surface area contributed by atoms with Gasteiger partial charge in [-0.3, -0.25) is 0 Å². The van der Waals surface area contributed by atoms with Crippen molar-refractivity contribution in [1.29, 1.82) is 0 Å². The van der Waals surface area contributed by atoms with Crippen molar-refractivity contribution in [2.75, 3.05) is 19.6 Å². The SMILES string of the molecule is CC[C@H]1[C@@H](O)[C@@H]2[C@H](CC[C@]3(C)[C@@H]([C@H](C)CN=C=O)CC[C@@H]23)[C@@]2(C)CC[C@@H](C)C[C@@H]12.CC[C@H]1[C@@H](O)[C@@H]2[C@H](CC[C@]3(C)[C@@H]([C@H](C)CNC(=O)NS(=O)(=O)c4cccc(OC(F)(F)F)c4)CC[C@@H]23)[C@@]2(C)CC[C@@H](O)C[C@@H]12.CC[C@H]1[C@@H](O)[C@@H]2[C@H](CC[C@]3(C)[C@@H]([C@H](C)CNC(=O)NS(=O)(=O)c4cccc(OC(F)(F)F)c4)CC[C@@H]23)[C@@]2(C)CC[C@@H](O)C[C@@H]12.NS(=O)(=O)c1cccc(OC(F)(F)F)c1. The Hall–Kier alpha value is -6.04. The van der Waals surface area contributed by atoms with Crippen LogP contribution < -0.4 is 39.4 Å². The number of amides is 4. The molecule has 23 nitrogen and oxygen atoms in total. The molecule has 15 rings (SSSR count). The third kappa shape index (κ3) is 21.7. The van der Waals surface area contributed by atoms with Gasteiger partial charge in [0.2, 0.25) is 16.1 Å². The van der Waals surface area contributed by atoms with Gasteiger partial charge in [0, 0.05) is 31.3 Å². The molecule has 11 N–H and O–H groups in total. The zero-order chi connectivity index (χ0) is 97.1. The van der Waals surface area contributed by atoms with Crippen LogP contribution in [0.5, 0.6) is 17.2 Å². The fraction of sp³-hybridized carbons (Fsp3) is 0.784. The predicted octanol–water partition coefficient (Wildman–Crippen LogP) is 18.8. The molecule has 0 aromatic heterocycles. The van der Waals surface area contributed by atoms with Crippen molar-refractivity contribution in [3.8, 4) is 17.2 Å². The minimum absolute atomic E-state index is 0.0274. The summed E-state index contributed by atoms with van der Waals surface area (Å²) in [5.74, 6) is 6.35. The maximum absolute atomic E-state index is 12.7. The molecule has 0 unspecified atom stereocenters. The number of sulfonamides is 3. The van der Waals surface area contributed by atoms with Crippen LogP contribution >= 0.6 is 0 Å². The highest BCUT2D eigenvalue weighted by molar-refractivity contribution is 7.90. The van der Waals surface area contributed by atoms with Crippen LogP contribution in [0.2, 0.25) is 0 Å². The van der Waals surface area contributed by atoms with Crippen LogP contribution in [0, 0.1) is 163 Å². The number of aliphatic hydroxyl groups excluding tert-OH is 5. The van der Waals surface area contributed by atoms with Crippen LogP contribution in [0.4, 0.5) is 49.1 Å². The molecule has 0 heterocycles. The Morgan fingerprint density at radius 2 is 0.735 bits per heavy atom. The fourth-order valence-electron chi connectivity index (χ4n) is 31.1. The van der Waals surface area contributed by atoms with Crippen LogP contribution in [-0.2, 0) is 34.9 Å². The summed E-state index contributed by atoms with van der Waals surface area (Å²) in [6.45, 7) is 31.1. The van der Waals surface area contributed by atoms with Crippen LogP contribution in [0.3, 0.4) is 0 Å². The highest BCUT2D eigenvalue weighted by Gasteiger charge is 2.69. The normalized spacial score (nSPS) is 39.2. The summed E-state index contributed by atoms with van der Waals surface area (Å²) in [5.41, 5.74) is 0.880. The lowest BCUT2D eigenvalue weighted by molar-refractivity contribution is -0.275. The molecule has 33 atom stereocenters. The lowest BCUT2D eigenvalue weighted by Gasteiger charge is -2.65. The summed E-state index contributed by atoms with van der Waals surface area (Å²) < 4.78 is 198. The number of alkyl halides is 9. The Bertz CT molecular complexity index is 4720. The average molecular weight is 1930 g/mol. The lowest BCUT2D eigenvalue weighted by Crippen LogP contribution is -2.62. The highest BCUT2D eigenvalue weighted by Crippen LogP contribution is 2.74. The van der Waals surface area contributed by atoms with Crippen molar-refractivity contribution in [3.05, 3.63) is 72.8 Å². The van der Waals surface area contributed by atoms with Crippen molar-refractivity contribution < 1.29 is 119 Å². The van der Waals surface area contributed by atoms with Gasteiger partial charge in [-0.15, -0.1) is 39.5 Å². The van der Waals surface area contributed by atoms with E-state index in [1.807, 2.05) is 9.44 Å². The van der Waals surface area contributed by atoms with Gasteiger partial charge in [0.15, 0.2) is 0 Å². The molecule has 12 aliphatic rings. The molecule has 0 aliphatic heterocycles. The number of urea groups is 2. The number of primary sulfonamides is 1. The van der Waals surface area contributed by atoms with Gasteiger partial charge in [-0.05, 0) is 327 Å². The second-order valence-electron chi connectivity index (χ2n) is 43.4. The summed E-state index contributed by atoms with van der Waals surface area (Å²) in [5, 5.41) is 66.6. The Morgan fingerprint density at radius 3 is 1.05 bits per heavy atom. The van der Waals surface area contributed by atoms with E-state index >= 15 is 0 Å². The number of fused-ring (bicyclic) bond motifs is 15. The number of nitrogens with two attached hydrogens (primary N) is 1. The van der Waals surface area contributed by atoms with Gasteiger partial charge >= 0.3 is 31.1 Å². The number of nitrogens with one attached hydrogen (secondary N) is 4. The van der Waals surface area contributed by atoms with Crippen molar-refractivity contribution in [2.24, 2.45) is 173 Å². The molecule has 0 bridgehead atoms. The number of benzene rings is 3. The fourth-order valence-corrected chi connectivity index (χ4v) is 33.6. The third-order valence-corrected chi connectivity index (χ3v) is 40.4. The van der Waals surface area contributed by atoms with E-state index in [1.165, 1.54) is 44.9 Å². The Labute approximate surface area is 773 Å². The van der Waals surface area contributed by atoms with Gasteiger partial charge in [0.1, 0.15) is 17.2 Å². The molecule has 0 radical (unpaired) electrons. The van der Waals surface area contributed by atoms with Crippen LogP contribution in [0.1, 0.15) is 244 Å². The van der Waals surface area contributed by atoms with E-state index in [0.29, 0.717) is 113 Å². The van der Waals surface area contributed by atoms with Gasteiger partial charge < -0.3 is 50.4 Å². The van der Waals surface area contributed by atoms with Gasteiger partial charge in [0.05, 0.1) is 51.8 Å². The molecule has 4 amide bonds. The molecule has 3 aromatic rings. The predicted molar refractivity (Wildman–Crippen MR) is 477 cm³/mol. The van der Waals surface area contributed by atoms with E-state index in [1.54, 1.807) is 6.08 Å². The molecule has 0 saturated heterocycles. The van der Waals surface area contributed by atoms with Crippen LogP contribution in [0.15, 0.2) is 92.5 Å². The number of hydrogen-bond donors (Lipinski definition) is 10. The number of carbonyl (C=O) groups is 2. The van der Waals surface area contributed by atoms with Gasteiger partial charge in [0.25, 0.3) is 20.0 Å². The minimum Gasteiger partial charge on any atom is -0.406 e. The van der Waals surface area contributed by atoms with Gasteiger partial charge in [-0.1, -0.05) is 134 Å². The van der Waals surface area contributed by atoms with Crippen LogP contribution in [-0.4, -0.2) is 138 Å². The number of aliphatic imine (C=N–C) groups is 1. The number of ether oxygens (including phenoxy) is 3. The molecule has 12 aliphatic carbocycles. The first-order valence-corrected chi connectivity index (χ1v) is 52.6. The molecule has 3 aromatic carbocycles. The number of halogens is 9. The zero-order valence-corrected chi connectivity index (χ0v) is 80.8. The smallest absolute Gasteiger partial charge is 0.406 e. The molecular weight excluding hydrogens is 1790 g/mol. The van der Waals surface area contributed by atoms with E-state index < -0.39 is 105 Å². The second-order valence-corrected chi connectivity index (χ2v) is 48.4. The first-order chi connectivity index (χ1) is 61.5. The third-order valence-electron chi connectivity index (χ3n) is 36.9. The largest absolute Gasteiger partial charge is 0.573 e. The number of rotatable bonds is 20. The summed E-state index contributed by atoms with van der Waals surface area (Å²) in [6.07, 6.45) is 10.6. The van der Waals surface area contributed by atoms with E-state index in [0.717, 1.165) is 170 Å². The monoisotopic (exact) mass is 1930 g/mol. The summed E-state index contributed by atoms with van der Waals surface area (Å²) in [4.78, 5) is 38.4. The lowest BCUT2D eigenvalue weighted by atomic mass is 9.41. The molecule has 0 spiro atoms. The Kier molecular flexibility index (Phi) is 31.8. The number of hydrogen-bond acceptors (Lipinski definition) is 18. The maximum atomic E-state index is 12.7. The molecule has 35 heteroatoms. The van der Waals surface area contributed by atoms with Crippen molar-refractivity contribution in [3.63, 3.8) is 0 Å². The standard InChI is InChI=1S/2C32H47F3N2O6S.C26H43NO2.C7H6F3NO3S/c2*1-5-22-26-15-19(38)11-13-31(26,4)25-12-14-30(3)23(9-10-24(30)27(25)28(22)39)18(2)17-36-29(40)37-44(41,42)21-8-6-7-20(16-21)43-32(33,34)35;1-6-18-22-13-16(2)9-11-26(22,5)21-10-12-25(4)19(17(3)14-27-15-28)7-8-20(25)23(21)24(18)29;8-7(9,10)14-5-2-1-3-6(4-5)15(11,12)13/h2*6-8,16,18-19,22-28,38-39H,5,9-15,17H2,1-4H3,(H2,36,37,40);16-24,29H,6-14H2,1-5H3;1-4H,(H2,11,12,13)/t2*18-,19-,22-,23-,24+,25+,26+,27+,28-,30-,31-;16-,17-,18-,19-,20+,21+,22+,23+,24-,25-,26-;/m111./s1. The first-order valence-electron chi connectivity index (χ1n) is 48.1. The van der Waals surface area contributed by atoms with Crippen molar-refractivity contribution in [2.45, 2.75) is 308 Å². The van der Waals surface area contributed by atoms with E-state index in [-0.39, 0.29) is 100 Å². The molecule has 744 valence electrons. The van der Waals surface area contributed by atoms with E-state index in [9.17, 15) is 105 Å². The van der Waals surface area contributed by atoms with Gasteiger partial charge in [-0.2, -0.15) is 0 Å². The number of isocyanates is 1. The minimum atomic E-state index is -4.98. The zero-order valence-electron chi connectivity index (χ0n) is 78.4. The number of nitrogens with zero attached hydrogens (tertiary/aromatic N) is 1. The Morgan fingerprint density at radius 1 is 0.439 bits per heavy atom. The topological polar surface area (TPSA) is 369 Å². The van der Waals surface area contributed by atoms with Crippen LogP contribution in [0.25, 0.3) is 0 Å². The summed E-state index contributed by atoms with van der Waals surface area (Å²) in [7, 11) is -12.9. The quantitative estimate of drug-likeness (QED) is 0.0285. The molecular formula is C97H143F9N6O17S3. The van der Waals surface area contributed by atoms with Gasteiger partial charge in [-0.25, -0.2) is 59.2 Å². The second kappa shape index (κ2) is 40.1. The summed E-state index contributed by atoms with van der Waals surface area (Å²) in [6, 6.07) is 9.68. The van der Waals surface area contributed by atoms with E-state index in [2.05, 4.69) is 120 Å². The molecule has 12 fully saturated rings. The summed E-state index contributed by atoms with van der Waals surface area (Å²) >= 11 is 0. The van der Waals surface area contributed by atoms with Crippen molar-refractivity contribution >= 4 is 48.2 Å². The molecule has 132 heavy (non-hydrogen) atoms. The first kappa shape index (κ1) is 105. The molecule has 12 saturated carbocycles. The number of aliphatic hydroxyl groups is 5. The van der Waals surface area contributed by atoms with E-state index in [4.69, 9.17) is 5.14 Å². The van der Waals surface area contributed by atoms with Crippen molar-refractivity contribution in [1.82, 2.24) is 20.1 Å². The number of carbonyl (C=O) groups excluding carboxylic acids is 3.